The number of thioether (sulfide) groups is 2. The molecule has 0 fully saturated rings. The second kappa shape index (κ2) is 17.4. The second-order valence-corrected chi connectivity index (χ2v) is 11.8. The number of carbonyl (C=O) groups is 6. The van der Waals surface area contributed by atoms with Gasteiger partial charge in [-0.3, -0.25) is 14.4 Å². The average molecular weight is 602 g/mol. The summed E-state index contributed by atoms with van der Waals surface area (Å²) in [6.07, 6.45) is 0. The average Bonchev–Trinajstić information content (AvgIpc) is 2.89. The molecule has 40 heavy (non-hydrogen) atoms. The topological polar surface area (TPSA) is 161 Å². The van der Waals surface area contributed by atoms with Crippen LogP contribution in [0.15, 0.2) is 30.3 Å². The summed E-state index contributed by atoms with van der Waals surface area (Å²) in [5.41, 5.74) is 0.705. The molecule has 0 aromatic heterocycles. The van der Waals surface area contributed by atoms with Gasteiger partial charge in [0.05, 0.1) is 16.6 Å². The highest BCUT2D eigenvalue weighted by Gasteiger charge is 2.36. The molecule has 0 heterocycles. The lowest BCUT2D eigenvalue weighted by Crippen LogP contribution is -2.50. The van der Waals surface area contributed by atoms with E-state index >= 15 is 0 Å². The largest absolute Gasteiger partial charge is 0.459 e. The molecule has 0 unspecified atom stereocenters. The lowest BCUT2D eigenvalue weighted by atomic mass is 10.2. The maximum atomic E-state index is 13.0. The molecule has 0 aliphatic carbocycles. The number of ether oxygens (including phenoxy) is 5. The van der Waals surface area contributed by atoms with E-state index in [0.29, 0.717) is 29.1 Å². The van der Waals surface area contributed by atoms with Crippen molar-refractivity contribution in [3.8, 4) is 0 Å². The van der Waals surface area contributed by atoms with E-state index in [-0.39, 0.29) is 12.4 Å². The van der Waals surface area contributed by atoms with Crippen LogP contribution in [-0.4, -0.2) is 64.5 Å². The van der Waals surface area contributed by atoms with Crippen molar-refractivity contribution >= 4 is 57.9 Å². The first-order chi connectivity index (χ1) is 18.7. The molecule has 0 saturated heterocycles. The van der Waals surface area contributed by atoms with Crippen molar-refractivity contribution < 1.29 is 52.5 Å². The zero-order valence-electron chi connectivity index (χ0n) is 23.3. The standard InChI is InChI=1S/C26H35NO11S2/c1-16(2)20(28)35-14-37-24(32)39-13-19(22(30)34-12-18-10-8-7-9-11-18)27-23(31)26(5,6)40-25(33)38-15-36-21(29)17(3)4/h7-11,16-17,19H,12-15H2,1-6H3,(H,27,31)/t19-/m0/s1. The summed E-state index contributed by atoms with van der Waals surface area (Å²) in [6, 6.07) is 7.53. The van der Waals surface area contributed by atoms with Gasteiger partial charge in [0.2, 0.25) is 19.5 Å². The van der Waals surface area contributed by atoms with Crippen molar-refractivity contribution in [1.82, 2.24) is 5.32 Å². The molecule has 1 rings (SSSR count). The van der Waals surface area contributed by atoms with Crippen LogP contribution in [0, 0.1) is 11.8 Å². The van der Waals surface area contributed by atoms with E-state index in [1.165, 1.54) is 13.8 Å². The molecule has 1 N–H and O–H groups in total. The van der Waals surface area contributed by atoms with Crippen LogP contribution < -0.4 is 5.32 Å². The quantitative estimate of drug-likeness (QED) is 0.185. The lowest BCUT2D eigenvalue weighted by Gasteiger charge is -2.25. The number of hydrogen-bond donors (Lipinski definition) is 1. The Labute approximate surface area is 241 Å². The first-order valence-electron chi connectivity index (χ1n) is 12.2. The van der Waals surface area contributed by atoms with E-state index in [1.807, 2.05) is 0 Å². The van der Waals surface area contributed by atoms with E-state index in [4.69, 9.17) is 23.7 Å². The molecule has 1 atom stereocenters. The Morgan fingerprint density at radius 1 is 0.750 bits per heavy atom. The summed E-state index contributed by atoms with van der Waals surface area (Å²) in [7, 11) is 0. The number of nitrogens with one attached hydrogen (secondary N) is 1. The van der Waals surface area contributed by atoms with Gasteiger partial charge in [0.15, 0.2) is 0 Å². The van der Waals surface area contributed by atoms with Crippen LogP contribution in [0.1, 0.15) is 47.1 Å². The molecule has 0 saturated carbocycles. The Morgan fingerprint density at radius 3 is 1.80 bits per heavy atom. The van der Waals surface area contributed by atoms with Gasteiger partial charge in [-0.2, -0.15) is 0 Å². The molecule has 1 aromatic carbocycles. The zero-order valence-corrected chi connectivity index (χ0v) is 24.9. The van der Waals surface area contributed by atoms with Crippen LogP contribution in [-0.2, 0) is 49.5 Å². The SMILES string of the molecule is CC(C)C(=O)OCOC(=O)SC[C@H](NC(=O)C(C)(C)SC(=O)OCOC(=O)C(C)C)C(=O)OCc1ccccc1. The summed E-state index contributed by atoms with van der Waals surface area (Å²) >= 11 is 1.07. The normalized spacial score (nSPS) is 11.8. The Bertz CT molecular complexity index is 1030. The smallest absolute Gasteiger partial charge is 0.371 e. The third-order valence-electron chi connectivity index (χ3n) is 4.77. The van der Waals surface area contributed by atoms with Crippen LogP contribution in [0.3, 0.4) is 0 Å². The van der Waals surface area contributed by atoms with Crippen LogP contribution in [0.2, 0.25) is 0 Å². The van der Waals surface area contributed by atoms with Crippen LogP contribution >= 0.6 is 23.5 Å². The summed E-state index contributed by atoms with van der Waals surface area (Å²) in [6.45, 7) is 8.03. The molecule has 0 aliphatic heterocycles. The van der Waals surface area contributed by atoms with Crippen LogP contribution in [0.25, 0.3) is 0 Å². The van der Waals surface area contributed by atoms with Gasteiger partial charge < -0.3 is 29.0 Å². The molecule has 0 aliphatic rings. The van der Waals surface area contributed by atoms with Gasteiger partial charge in [0.1, 0.15) is 12.6 Å². The Morgan fingerprint density at radius 2 is 1.27 bits per heavy atom. The Hall–Kier alpha value is -3.26. The molecule has 1 amide bonds. The maximum absolute atomic E-state index is 13.0. The third-order valence-corrected chi connectivity index (χ3v) is 6.60. The van der Waals surface area contributed by atoms with Gasteiger partial charge in [-0.05, 0) is 42.9 Å². The maximum Gasteiger partial charge on any atom is 0.371 e. The Balaban J connectivity index is 2.77. The van der Waals surface area contributed by atoms with Gasteiger partial charge in [-0.25, -0.2) is 14.4 Å². The van der Waals surface area contributed by atoms with Gasteiger partial charge >= 0.3 is 28.5 Å². The van der Waals surface area contributed by atoms with E-state index in [0.717, 1.165) is 0 Å². The van der Waals surface area contributed by atoms with E-state index in [1.54, 1.807) is 58.0 Å². The minimum atomic E-state index is -1.42. The zero-order chi connectivity index (χ0) is 30.3. The summed E-state index contributed by atoms with van der Waals surface area (Å²) in [4.78, 5) is 73.1. The molecule has 0 radical (unpaired) electrons. The molecule has 12 nitrogen and oxygen atoms in total. The summed E-state index contributed by atoms with van der Waals surface area (Å²) in [5, 5.41) is 0.763. The first kappa shape index (κ1) is 34.8. The van der Waals surface area contributed by atoms with Crippen molar-refractivity contribution in [3.63, 3.8) is 0 Å². The third kappa shape index (κ3) is 13.7. The Kier molecular flexibility index (Phi) is 15.2. The van der Waals surface area contributed by atoms with Crippen molar-refractivity contribution in [1.29, 1.82) is 0 Å². The van der Waals surface area contributed by atoms with Gasteiger partial charge in [0.25, 0.3) is 0 Å². The molecule has 14 heteroatoms. The fourth-order valence-electron chi connectivity index (χ4n) is 2.41. The van der Waals surface area contributed by atoms with Gasteiger partial charge in [0, 0.05) is 5.75 Å². The number of benzene rings is 1. The van der Waals surface area contributed by atoms with Crippen molar-refractivity contribution in [3.05, 3.63) is 35.9 Å². The van der Waals surface area contributed by atoms with Crippen molar-refractivity contribution in [2.45, 2.75) is 58.9 Å². The van der Waals surface area contributed by atoms with E-state index in [2.05, 4.69) is 5.32 Å². The minimum absolute atomic E-state index is 0.0775. The molecule has 0 spiro atoms. The van der Waals surface area contributed by atoms with Crippen molar-refractivity contribution in [2.75, 3.05) is 19.3 Å². The highest BCUT2D eigenvalue weighted by Crippen LogP contribution is 2.27. The van der Waals surface area contributed by atoms with Gasteiger partial charge in [-0.1, -0.05) is 58.0 Å². The minimum Gasteiger partial charge on any atom is -0.459 e. The number of amides is 1. The number of hydrogen-bond acceptors (Lipinski definition) is 13. The summed E-state index contributed by atoms with van der Waals surface area (Å²) in [5.74, 6) is -3.74. The first-order valence-corrected chi connectivity index (χ1v) is 14.0. The fraction of sp³-hybridized carbons (Fsp3) is 0.538. The monoisotopic (exact) mass is 601 g/mol. The molecule has 1 aromatic rings. The highest BCUT2D eigenvalue weighted by molar-refractivity contribution is 8.15. The number of esters is 3. The van der Waals surface area contributed by atoms with Crippen LogP contribution in [0.4, 0.5) is 9.59 Å². The predicted octanol–water partition coefficient (Wildman–Crippen LogP) is 4.05. The molecule has 222 valence electrons. The molecular weight excluding hydrogens is 566 g/mol. The predicted molar refractivity (Wildman–Crippen MR) is 147 cm³/mol. The van der Waals surface area contributed by atoms with Crippen molar-refractivity contribution in [2.24, 2.45) is 11.8 Å². The van der Waals surface area contributed by atoms with Gasteiger partial charge in [-0.15, -0.1) is 0 Å². The lowest BCUT2D eigenvalue weighted by molar-refractivity contribution is -0.156. The fourth-order valence-corrected chi connectivity index (χ4v) is 3.74. The highest BCUT2D eigenvalue weighted by atomic mass is 32.2. The van der Waals surface area contributed by atoms with E-state index in [9.17, 15) is 28.8 Å². The van der Waals surface area contributed by atoms with Crippen LogP contribution in [0.5, 0.6) is 0 Å². The second-order valence-electron chi connectivity index (χ2n) is 9.30. The molecule has 0 bridgehead atoms. The number of carbonyl (C=O) groups excluding carboxylic acids is 6. The number of rotatable bonds is 14. The van der Waals surface area contributed by atoms with E-state index < -0.39 is 70.6 Å². The summed E-state index contributed by atoms with van der Waals surface area (Å²) < 4.78 is 23.1. The molecular formula is C26H35NO11S2.